The molecule has 25 heavy (non-hydrogen) atoms. The van der Waals surface area contributed by atoms with Gasteiger partial charge in [-0.15, -0.1) is 0 Å². The number of amides is 1. The van der Waals surface area contributed by atoms with Crippen LogP contribution in [-0.4, -0.2) is 30.8 Å². The number of aromatic nitrogens is 1. The molecule has 0 fully saturated rings. The lowest BCUT2D eigenvalue weighted by Crippen LogP contribution is -2.21. The van der Waals surface area contributed by atoms with Crippen LogP contribution in [0.25, 0.3) is 10.9 Å². The molecule has 2 N–H and O–H groups in total. The van der Waals surface area contributed by atoms with E-state index in [4.69, 9.17) is 0 Å². The largest absolute Gasteiger partial charge is 0.358 e. The van der Waals surface area contributed by atoms with Crippen molar-refractivity contribution in [3.8, 4) is 0 Å². The van der Waals surface area contributed by atoms with Gasteiger partial charge in [0, 0.05) is 34.8 Å². The molecule has 0 spiro atoms. The highest BCUT2D eigenvalue weighted by Crippen LogP contribution is 2.16. The van der Waals surface area contributed by atoms with Gasteiger partial charge in [0.1, 0.15) is 0 Å². The molecular weight excluding hydrogens is 340 g/mol. The number of nitrogens with one attached hydrogen (secondary N) is 2. The van der Waals surface area contributed by atoms with Crippen molar-refractivity contribution < 1.29 is 13.2 Å². The number of aryl methyl sites for hydroxylation is 1. The molecule has 1 heterocycles. The van der Waals surface area contributed by atoms with E-state index in [0.717, 1.165) is 12.1 Å². The van der Waals surface area contributed by atoms with Crippen LogP contribution < -0.4 is 10.7 Å². The van der Waals surface area contributed by atoms with Gasteiger partial charge in [-0.1, -0.05) is 20.8 Å². The number of H-pyrrole nitrogens is 1. The van der Waals surface area contributed by atoms with Crippen molar-refractivity contribution in [2.75, 3.05) is 16.8 Å². The van der Waals surface area contributed by atoms with Gasteiger partial charge in [-0.3, -0.25) is 9.59 Å². The van der Waals surface area contributed by atoms with E-state index in [9.17, 15) is 18.0 Å². The summed E-state index contributed by atoms with van der Waals surface area (Å²) >= 11 is 0. The lowest BCUT2D eigenvalue weighted by atomic mass is 10.1. The average Bonchev–Trinajstić information content (AvgIpc) is 2.52. The van der Waals surface area contributed by atoms with Crippen LogP contribution >= 0.6 is 0 Å². The summed E-state index contributed by atoms with van der Waals surface area (Å²) in [4.78, 5) is 27.3. The normalized spacial score (nSPS) is 11.8. The van der Waals surface area contributed by atoms with Crippen molar-refractivity contribution >= 4 is 32.3 Å². The van der Waals surface area contributed by atoms with Crippen molar-refractivity contribution in [2.45, 2.75) is 33.6 Å². The minimum atomic E-state index is -3.23. The number of fused-ring (bicyclic) bond motifs is 1. The van der Waals surface area contributed by atoms with Crippen LogP contribution in [0.15, 0.2) is 29.1 Å². The Kier molecular flexibility index (Phi) is 6.00. The summed E-state index contributed by atoms with van der Waals surface area (Å²) in [5.41, 5.74) is 1.93. The van der Waals surface area contributed by atoms with E-state index < -0.39 is 9.84 Å². The van der Waals surface area contributed by atoms with E-state index in [1.54, 1.807) is 24.3 Å². The third kappa shape index (κ3) is 5.42. The summed E-state index contributed by atoms with van der Waals surface area (Å²) in [5.74, 6) is -0.447. The molecular formula is C18H24N2O4S. The molecule has 0 aliphatic rings. The second-order valence-electron chi connectivity index (χ2n) is 6.58. The second kappa shape index (κ2) is 7.82. The Hall–Kier alpha value is -2.15. The van der Waals surface area contributed by atoms with Crippen LogP contribution in [0.1, 0.15) is 32.9 Å². The Morgan fingerprint density at radius 2 is 1.96 bits per heavy atom. The Labute approximate surface area is 147 Å². The molecule has 7 heteroatoms. The number of hydrogen-bond acceptors (Lipinski definition) is 4. The van der Waals surface area contributed by atoms with Crippen LogP contribution in [0.2, 0.25) is 0 Å². The summed E-state index contributed by atoms with van der Waals surface area (Å²) in [6.07, 6.45) is 0.632. The Balaban J connectivity index is 2.09. The number of carbonyl (C=O) groups excluding carboxylic acids is 1. The molecule has 0 saturated carbocycles. The first-order chi connectivity index (χ1) is 11.7. The van der Waals surface area contributed by atoms with E-state index in [1.165, 1.54) is 0 Å². The van der Waals surface area contributed by atoms with Crippen molar-refractivity contribution in [1.29, 1.82) is 0 Å². The smallest absolute Gasteiger partial charge is 0.225 e. The van der Waals surface area contributed by atoms with Crippen LogP contribution in [-0.2, 0) is 21.1 Å². The van der Waals surface area contributed by atoms with Crippen LogP contribution in [0, 0.1) is 5.92 Å². The summed E-state index contributed by atoms with van der Waals surface area (Å²) in [6.45, 7) is 5.61. The number of sulfone groups is 1. The maximum atomic E-state index is 12.1. The van der Waals surface area contributed by atoms with Crippen LogP contribution in [0.3, 0.4) is 0 Å². The minimum Gasteiger partial charge on any atom is -0.358 e. The van der Waals surface area contributed by atoms with Crippen LogP contribution in [0.4, 0.5) is 5.69 Å². The van der Waals surface area contributed by atoms with Gasteiger partial charge in [0.15, 0.2) is 15.3 Å². The zero-order valence-corrected chi connectivity index (χ0v) is 15.6. The molecule has 2 rings (SSSR count). The number of aromatic amines is 1. The van der Waals surface area contributed by atoms with Gasteiger partial charge in [-0.25, -0.2) is 8.42 Å². The lowest BCUT2D eigenvalue weighted by Gasteiger charge is -2.09. The highest BCUT2D eigenvalue weighted by atomic mass is 32.2. The number of anilines is 1. The van der Waals surface area contributed by atoms with E-state index in [0.29, 0.717) is 16.6 Å². The molecule has 0 atom stereocenters. The van der Waals surface area contributed by atoms with Crippen LogP contribution in [0.5, 0.6) is 0 Å². The predicted molar refractivity (Wildman–Crippen MR) is 101 cm³/mol. The highest BCUT2D eigenvalue weighted by molar-refractivity contribution is 7.91. The Morgan fingerprint density at radius 1 is 1.24 bits per heavy atom. The van der Waals surface area contributed by atoms with E-state index in [-0.39, 0.29) is 35.2 Å². The van der Waals surface area contributed by atoms with Crippen molar-refractivity contribution in [1.82, 2.24) is 4.98 Å². The monoisotopic (exact) mass is 364 g/mol. The maximum absolute atomic E-state index is 12.1. The van der Waals surface area contributed by atoms with Gasteiger partial charge in [0.05, 0.1) is 11.5 Å². The summed E-state index contributed by atoms with van der Waals surface area (Å²) < 4.78 is 23.7. The lowest BCUT2D eigenvalue weighted by molar-refractivity contribution is -0.115. The topological polar surface area (TPSA) is 96.1 Å². The van der Waals surface area contributed by atoms with Crippen molar-refractivity contribution in [3.63, 3.8) is 0 Å². The third-order valence-corrected chi connectivity index (χ3v) is 5.78. The average molecular weight is 364 g/mol. The molecule has 0 aliphatic heterocycles. The molecule has 2 aromatic rings. The third-order valence-electron chi connectivity index (χ3n) is 3.78. The zero-order chi connectivity index (χ0) is 18.6. The molecule has 0 saturated heterocycles. The second-order valence-corrected chi connectivity index (χ2v) is 8.81. The molecule has 0 unspecified atom stereocenters. The van der Waals surface area contributed by atoms with E-state index >= 15 is 0 Å². The van der Waals surface area contributed by atoms with Gasteiger partial charge in [-0.2, -0.15) is 0 Å². The molecule has 6 nitrogen and oxygen atoms in total. The summed E-state index contributed by atoms with van der Waals surface area (Å²) in [5, 5.41) is 3.15. The highest BCUT2D eigenvalue weighted by Gasteiger charge is 2.15. The number of hydrogen-bond donors (Lipinski definition) is 2. The van der Waals surface area contributed by atoms with E-state index in [1.807, 2.05) is 20.8 Å². The fourth-order valence-corrected chi connectivity index (χ4v) is 4.31. The first kappa shape index (κ1) is 19.2. The first-order valence-corrected chi connectivity index (χ1v) is 10.2. The summed E-state index contributed by atoms with van der Waals surface area (Å²) in [6, 6.07) is 6.58. The fourth-order valence-electron chi connectivity index (χ4n) is 2.63. The standard InChI is InChI=1S/C18H24N2O4S/c1-4-13-10-17(21)15-9-14(5-6-16(15)19-13)20-18(22)7-8-25(23,24)11-12(2)3/h5-6,9-10,12H,4,7-8,11H2,1-3H3,(H,19,21)(H,20,22). The first-order valence-electron chi connectivity index (χ1n) is 8.36. The molecule has 0 aliphatic carbocycles. The van der Waals surface area contributed by atoms with Gasteiger partial charge >= 0.3 is 0 Å². The van der Waals surface area contributed by atoms with Crippen molar-refractivity contribution in [3.05, 3.63) is 40.2 Å². The maximum Gasteiger partial charge on any atom is 0.225 e. The van der Waals surface area contributed by atoms with Crippen molar-refractivity contribution in [2.24, 2.45) is 5.92 Å². The number of benzene rings is 1. The number of rotatable bonds is 7. The van der Waals surface area contributed by atoms with Gasteiger partial charge in [0.2, 0.25) is 5.91 Å². The predicted octanol–water partition coefficient (Wildman–Crippen LogP) is 2.49. The van der Waals surface area contributed by atoms with E-state index in [2.05, 4.69) is 10.3 Å². The number of pyridine rings is 1. The number of carbonyl (C=O) groups is 1. The Morgan fingerprint density at radius 3 is 2.60 bits per heavy atom. The van der Waals surface area contributed by atoms with Gasteiger partial charge in [-0.05, 0) is 30.5 Å². The minimum absolute atomic E-state index is 0.0355. The zero-order valence-electron chi connectivity index (χ0n) is 14.8. The molecule has 1 aromatic carbocycles. The van der Waals surface area contributed by atoms with Gasteiger partial charge in [0.25, 0.3) is 0 Å². The Bertz CT molecular complexity index is 930. The SMILES string of the molecule is CCc1cc(=O)c2cc(NC(=O)CCS(=O)(=O)CC(C)C)ccc2[nH]1. The van der Waals surface area contributed by atoms with Gasteiger partial charge < -0.3 is 10.3 Å². The molecule has 0 bridgehead atoms. The summed E-state index contributed by atoms with van der Waals surface area (Å²) in [7, 11) is -3.23. The molecule has 136 valence electrons. The fraction of sp³-hybridized carbons (Fsp3) is 0.444. The quantitative estimate of drug-likeness (QED) is 0.789. The molecule has 1 amide bonds. The molecule has 1 aromatic heterocycles. The molecule has 0 radical (unpaired) electrons.